The molecule has 37 heavy (non-hydrogen) atoms. The summed E-state index contributed by atoms with van der Waals surface area (Å²) in [6, 6.07) is 12.1. The molecule has 0 saturated carbocycles. The average molecular weight is 503 g/mol. The molecule has 2 unspecified atom stereocenters. The van der Waals surface area contributed by atoms with Gasteiger partial charge < -0.3 is 19.7 Å². The van der Waals surface area contributed by atoms with E-state index < -0.39 is 0 Å². The number of aromatic amines is 1. The fraction of sp³-hybridized carbons (Fsp3) is 0.500. The van der Waals surface area contributed by atoms with Crippen molar-refractivity contribution in [2.75, 3.05) is 33.2 Å². The predicted molar refractivity (Wildman–Crippen MR) is 140 cm³/mol. The van der Waals surface area contributed by atoms with E-state index in [9.17, 15) is 14.4 Å². The molecule has 0 radical (unpaired) electrons. The second-order valence-electron chi connectivity index (χ2n) is 10.7. The maximum Gasteiger partial charge on any atom is 0.326 e. The lowest BCUT2D eigenvalue weighted by atomic mass is 9.91. The molecule has 194 valence electrons. The van der Waals surface area contributed by atoms with Crippen LogP contribution in [0.25, 0.3) is 11.0 Å². The number of amides is 2. The van der Waals surface area contributed by atoms with Crippen molar-refractivity contribution in [1.29, 1.82) is 0 Å². The Balaban J connectivity index is 1.06. The Hall–Kier alpha value is -3.46. The number of carbonyl (C=O) groups excluding carboxylic acids is 2. The van der Waals surface area contributed by atoms with Crippen molar-refractivity contribution in [3.8, 4) is 0 Å². The number of nitrogens with zero attached hydrogens (tertiary/aromatic N) is 5. The lowest BCUT2D eigenvalue weighted by Gasteiger charge is -2.42. The van der Waals surface area contributed by atoms with Gasteiger partial charge in [-0.15, -0.1) is 0 Å². The first-order valence-corrected chi connectivity index (χ1v) is 13.4. The second kappa shape index (κ2) is 9.78. The van der Waals surface area contributed by atoms with Crippen molar-refractivity contribution in [3.63, 3.8) is 0 Å². The molecule has 3 aliphatic heterocycles. The number of hydrogen-bond acceptors (Lipinski definition) is 5. The number of piperidine rings is 2. The molecule has 1 aromatic carbocycles. The molecule has 5 heterocycles. The molecule has 0 spiro atoms. The summed E-state index contributed by atoms with van der Waals surface area (Å²) < 4.78 is 1.94. The number of rotatable bonds is 4. The van der Waals surface area contributed by atoms with Crippen molar-refractivity contribution in [2.45, 2.75) is 50.2 Å². The standard InChI is InChI=1S/C28H34N6O3/c1-31-25(35)17-22(26(31)19-5-4-12-29-18-19)27(36)33-15-8-20(9-16-33)32-13-10-21(11-14-32)34-24-7-3-2-6-23(24)30-28(34)37/h2-7,12,18,20-22,26H,8-11,13-17H2,1H3,(H,30,37). The first-order chi connectivity index (χ1) is 18.0. The first kappa shape index (κ1) is 23.9. The molecule has 3 fully saturated rings. The largest absolute Gasteiger partial charge is 0.342 e. The number of H-pyrrole nitrogens is 1. The molecule has 9 heteroatoms. The Bertz CT molecular complexity index is 1330. The zero-order chi connectivity index (χ0) is 25.5. The van der Waals surface area contributed by atoms with E-state index in [-0.39, 0.29) is 41.9 Å². The van der Waals surface area contributed by atoms with E-state index in [0.29, 0.717) is 6.04 Å². The topological polar surface area (TPSA) is 94.5 Å². The van der Waals surface area contributed by atoms with Gasteiger partial charge in [0.2, 0.25) is 11.8 Å². The number of benzene rings is 1. The Labute approximate surface area is 216 Å². The van der Waals surface area contributed by atoms with Crippen molar-refractivity contribution in [1.82, 2.24) is 29.2 Å². The molecule has 0 aliphatic carbocycles. The van der Waals surface area contributed by atoms with E-state index in [0.717, 1.165) is 68.5 Å². The van der Waals surface area contributed by atoms with Crippen LogP contribution in [0.3, 0.4) is 0 Å². The van der Waals surface area contributed by atoms with Crippen molar-refractivity contribution < 1.29 is 9.59 Å². The van der Waals surface area contributed by atoms with Gasteiger partial charge in [0.15, 0.2) is 0 Å². The second-order valence-corrected chi connectivity index (χ2v) is 10.7. The van der Waals surface area contributed by atoms with Crippen LogP contribution in [0.2, 0.25) is 0 Å². The fourth-order valence-electron chi connectivity index (χ4n) is 6.73. The van der Waals surface area contributed by atoms with E-state index in [1.165, 1.54) is 0 Å². The Kier molecular flexibility index (Phi) is 6.32. The van der Waals surface area contributed by atoms with Gasteiger partial charge in [-0.25, -0.2) is 4.79 Å². The summed E-state index contributed by atoms with van der Waals surface area (Å²) in [7, 11) is 1.79. The third-order valence-electron chi connectivity index (χ3n) is 8.71. The number of nitrogens with one attached hydrogen (secondary N) is 1. The number of hydrogen-bond donors (Lipinski definition) is 1. The summed E-state index contributed by atoms with van der Waals surface area (Å²) in [4.78, 5) is 52.1. The van der Waals surface area contributed by atoms with Crippen LogP contribution in [0, 0.1) is 5.92 Å². The zero-order valence-corrected chi connectivity index (χ0v) is 21.3. The van der Waals surface area contributed by atoms with Gasteiger partial charge in [-0.3, -0.25) is 19.1 Å². The van der Waals surface area contributed by atoms with Crippen LogP contribution in [-0.4, -0.2) is 80.3 Å². The number of fused-ring (bicyclic) bond motifs is 1. The third kappa shape index (κ3) is 4.35. The van der Waals surface area contributed by atoms with Gasteiger partial charge in [0.05, 0.1) is 23.0 Å². The van der Waals surface area contributed by atoms with Crippen LogP contribution in [0.5, 0.6) is 0 Å². The monoisotopic (exact) mass is 502 g/mol. The highest BCUT2D eigenvalue weighted by Gasteiger charge is 2.45. The summed E-state index contributed by atoms with van der Waals surface area (Å²) >= 11 is 0. The lowest BCUT2D eigenvalue weighted by Crippen LogP contribution is -2.50. The molecule has 0 bridgehead atoms. The van der Waals surface area contributed by atoms with Crippen LogP contribution in [-0.2, 0) is 9.59 Å². The number of aromatic nitrogens is 3. The normalized spacial score (nSPS) is 24.3. The number of likely N-dealkylation sites (tertiary alicyclic amines) is 3. The van der Waals surface area contributed by atoms with E-state index in [2.05, 4.69) is 14.9 Å². The number of imidazole rings is 1. The zero-order valence-electron chi connectivity index (χ0n) is 21.3. The minimum atomic E-state index is -0.358. The van der Waals surface area contributed by atoms with Gasteiger partial charge in [-0.05, 0) is 49.4 Å². The Morgan fingerprint density at radius 1 is 0.946 bits per heavy atom. The van der Waals surface area contributed by atoms with Crippen LogP contribution in [0.15, 0.2) is 53.6 Å². The number of para-hydroxylation sites is 2. The van der Waals surface area contributed by atoms with Gasteiger partial charge >= 0.3 is 5.69 Å². The average Bonchev–Trinajstić information content (AvgIpc) is 3.43. The Morgan fingerprint density at radius 3 is 2.41 bits per heavy atom. The highest BCUT2D eigenvalue weighted by molar-refractivity contribution is 5.90. The smallest absolute Gasteiger partial charge is 0.326 e. The number of pyridine rings is 1. The summed E-state index contributed by atoms with van der Waals surface area (Å²) in [6.45, 7) is 3.36. The van der Waals surface area contributed by atoms with E-state index in [1.807, 2.05) is 45.9 Å². The van der Waals surface area contributed by atoms with Gasteiger partial charge in [-0.2, -0.15) is 0 Å². The molecule has 3 aliphatic rings. The van der Waals surface area contributed by atoms with Crippen LogP contribution in [0.1, 0.15) is 49.8 Å². The first-order valence-electron chi connectivity index (χ1n) is 13.4. The number of carbonyl (C=O) groups is 2. The van der Waals surface area contributed by atoms with Crippen molar-refractivity contribution >= 4 is 22.8 Å². The molecule has 6 rings (SSSR count). The van der Waals surface area contributed by atoms with Crippen molar-refractivity contribution in [2.24, 2.45) is 5.92 Å². The predicted octanol–water partition coefficient (Wildman–Crippen LogP) is 2.57. The van der Waals surface area contributed by atoms with Gasteiger partial charge in [-0.1, -0.05) is 18.2 Å². The van der Waals surface area contributed by atoms with Crippen molar-refractivity contribution in [3.05, 3.63) is 64.8 Å². The fourth-order valence-corrected chi connectivity index (χ4v) is 6.73. The molecular formula is C28H34N6O3. The maximum atomic E-state index is 13.5. The van der Waals surface area contributed by atoms with E-state index in [1.54, 1.807) is 24.3 Å². The minimum absolute atomic E-state index is 0.0132. The molecule has 3 saturated heterocycles. The maximum absolute atomic E-state index is 13.5. The summed E-state index contributed by atoms with van der Waals surface area (Å²) in [5.74, 6) is -0.259. The molecular weight excluding hydrogens is 468 g/mol. The summed E-state index contributed by atoms with van der Waals surface area (Å²) in [5, 5.41) is 0. The van der Waals surface area contributed by atoms with Gasteiger partial charge in [0.1, 0.15) is 0 Å². The minimum Gasteiger partial charge on any atom is -0.342 e. The molecule has 9 nitrogen and oxygen atoms in total. The third-order valence-corrected chi connectivity index (χ3v) is 8.71. The highest BCUT2D eigenvalue weighted by Crippen LogP contribution is 2.38. The van der Waals surface area contributed by atoms with Gasteiger partial charge in [0, 0.05) is 64.1 Å². The molecule has 3 aromatic rings. The van der Waals surface area contributed by atoms with E-state index >= 15 is 0 Å². The molecule has 1 N–H and O–H groups in total. The molecule has 2 aromatic heterocycles. The highest BCUT2D eigenvalue weighted by atomic mass is 16.2. The Morgan fingerprint density at radius 2 is 1.68 bits per heavy atom. The molecule has 2 amide bonds. The van der Waals surface area contributed by atoms with Crippen LogP contribution >= 0.6 is 0 Å². The van der Waals surface area contributed by atoms with E-state index in [4.69, 9.17) is 0 Å². The van der Waals surface area contributed by atoms with Crippen LogP contribution in [0.4, 0.5) is 0 Å². The van der Waals surface area contributed by atoms with Gasteiger partial charge in [0.25, 0.3) is 0 Å². The lowest BCUT2D eigenvalue weighted by molar-refractivity contribution is -0.138. The quantitative estimate of drug-likeness (QED) is 0.592. The summed E-state index contributed by atoms with van der Waals surface area (Å²) in [5.41, 5.74) is 2.78. The van der Waals surface area contributed by atoms with Crippen LogP contribution < -0.4 is 5.69 Å². The SMILES string of the molecule is CN1C(=O)CC(C(=O)N2CCC(N3CCC(n4c(=O)[nH]c5ccccc54)CC3)CC2)C1c1cccnc1. The summed E-state index contributed by atoms with van der Waals surface area (Å²) in [6.07, 6.45) is 7.52. The molecule has 2 atom stereocenters.